The summed E-state index contributed by atoms with van der Waals surface area (Å²) < 4.78 is 7.47. The van der Waals surface area contributed by atoms with Gasteiger partial charge in [0.05, 0.1) is 4.91 Å². The molecular formula is C19H16BrNO2S2. The molecule has 1 amide bonds. The van der Waals surface area contributed by atoms with Gasteiger partial charge in [0.2, 0.25) is 0 Å². The molecule has 0 atom stereocenters. The molecule has 2 aromatic rings. The van der Waals surface area contributed by atoms with Gasteiger partial charge in [-0.1, -0.05) is 69.7 Å². The van der Waals surface area contributed by atoms with Crippen LogP contribution >= 0.6 is 39.9 Å². The van der Waals surface area contributed by atoms with Crippen molar-refractivity contribution in [1.82, 2.24) is 4.90 Å². The molecule has 128 valence electrons. The molecule has 1 heterocycles. The molecule has 2 aromatic carbocycles. The summed E-state index contributed by atoms with van der Waals surface area (Å²) in [5.74, 6) is 0.643. The number of thiocarbonyl (C=S) groups is 1. The number of hydrogen-bond donors (Lipinski definition) is 0. The highest BCUT2D eigenvalue weighted by atomic mass is 79.9. The number of benzene rings is 2. The summed E-state index contributed by atoms with van der Waals surface area (Å²) in [5, 5.41) is 0. The van der Waals surface area contributed by atoms with Gasteiger partial charge in [-0.25, -0.2) is 0 Å². The third-order valence-electron chi connectivity index (χ3n) is 3.76. The second kappa shape index (κ2) is 7.72. The average Bonchev–Trinajstić information content (AvgIpc) is 2.83. The van der Waals surface area contributed by atoms with Crippen LogP contribution in [0.2, 0.25) is 0 Å². The summed E-state index contributed by atoms with van der Waals surface area (Å²) >= 11 is 9.96. The maximum atomic E-state index is 12.2. The van der Waals surface area contributed by atoms with E-state index in [2.05, 4.69) is 47.1 Å². The van der Waals surface area contributed by atoms with E-state index in [0.717, 1.165) is 21.3 Å². The minimum Gasteiger partial charge on any atom is -0.488 e. The van der Waals surface area contributed by atoms with Crippen molar-refractivity contribution in [2.24, 2.45) is 0 Å². The Morgan fingerprint density at radius 3 is 2.60 bits per heavy atom. The quantitative estimate of drug-likeness (QED) is 0.491. The van der Waals surface area contributed by atoms with Gasteiger partial charge in [0.1, 0.15) is 16.7 Å². The van der Waals surface area contributed by atoms with Gasteiger partial charge in [-0.15, -0.1) is 0 Å². The molecule has 6 heteroatoms. The zero-order chi connectivity index (χ0) is 18.0. The van der Waals surface area contributed by atoms with Crippen LogP contribution in [-0.4, -0.2) is 22.2 Å². The molecule has 0 unspecified atom stereocenters. The van der Waals surface area contributed by atoms with E-state index in [0.29, 0.717) is 15.8 Å². The van der Waals surface area contributed by atoms with E-state index in [4.69, 9.17) is 17.0 Å². The van der Waals surface area contributed by atoms with Crippen molar-refractivity contribution < 1.29 is 9.53 Å². The molecule has 1 aliphatic heterocycles. The van der Waals surface area contributed by atoms with Crippen molar-refractivity contribution in [1.29, 1.82) is 0 Å². The van der Waals surface area contributed by atoms with Gasteiger partial charge >= 0.3 is 0 Å². The second-order valence-electron chi connectivity index (χ2n) is 5.70. The predicted octanol–water partition coefficient (Wildman–Crippen LogP) is 5.17. The predicted molar refractivity (Wildman–Crippen MR) is 111 cm³/mol. The molecule has 1 saturated heterocycles. The van der Waals surface area contributed by atoms with Crippen molar-refractivity contribution in [3.63, 3.8) is 0 Å². The molecule has 1 fully saturated rings. The van der Waals surface area contributed by atoms with Crippen molar-refractivity contribution >= 4 is 56.2 Å². The number of amides is 1. The standard InChI is InChI=1S/C19H16BrNO2S2/c1-12-3-5-13(6-4-12)11-23-16-8-7-15(20)9-14(16)10-17-18(22)21(2)19(24)25-17/h3-10H,11H2,1-2H3/b17-10-. The molecule has 0 radical (unpaired) electrons. The number of hydrogen-bond acceptors (Lipinski definition) is 4. The summed E-state index contributed by atoms with van der Waals surface area (Å²) in [6.45, 7) is 2.53. The molecule has 0 N–H and O–H groups in total. The molecule has 0 aliphatic carbocycles. The van der Waals surface area contributed by atoms with Gasteiger partial charge in [-0.2, -0.15) is 0 Å². The van der Waals surface area contributed by atoms with E-state index in [1.54, 1.807) is 7.05 Å². The van der Waals surface area contributed by atoms with Gasteiger partial charge in [-0.3, -0.25) is 9.69 Å². The Hall–Kier alpha value is -1.63. The first-order valence-corrected chi connectivity index (χ1v) is 9.65. The van der Waals surface area contributed by atoms with Crippen molar-refractivity contribution in [2.45, 2.75) is 13.5 Å². The van der Waals surface area contributed by atoms with Crippen LogP contribution in [-0.2, 0) is 11.4 Å². The van der Waals surface area contributed by atoms with Crippen LogP contribution in [0.5, 0.6) is 5.75 Å². The maximum Gasteiger partial charge on any atom is 0.265 e. The zero-order valence-electron chi connectivity index (χ0n) is 13.8. The summed E-state index contributed by atoms with van der Waals surface area (Å²) in [4.78, 5) is 14.3. The van der Waals surface area contributed by atoms with E-state index in [-0.39, 0.29) is 5.91 Å². The highest BCUT2D eigenvalue weighted by Crippen LogP contribution is 2.34. The topological polar surface area (TPSA) is 29.5 Å². The van der Waals surface area contributed by atoms with Crippen LogP contribution in [0.15, 0.2) is 51.8 Å². The highest BCUT2D eigenvalue weighted by molar-refractivity contribution is 9.10. The summed E-state index contributed by atoms with van der Waals surface area (Å²) in [5.41, 5.74) is 3.16. The molecule has 0 bridgehead atoms. The Balaban J connectivity index is 1.84. The van der Waals surface area contributed by atoms with Crippen LogP contribution in [0.3, 0.4) is 0 Å². The Morgan fingerprint density at radius 1 is 1.24 bits per heavy atom. The van der Waals surface area contributed by atoms with E-state index in [1.807, 2.05) is 24.3 Å². The largest absolute Gasteiger partial charge is 0.488 e. The number of thioether (sulfide) groups is 1. The van der Waals surface area contributed by atoms with E-state index >= 15 is 0 Å². The van der Waals surface area contributed by atoms with Crippen molar-refractivity contribution in [3.05, 3.63) is 68.5 Å². The van der Waals surface area contributed by atoms with Crippen LogP contribution < -0.4 is 4.74 Å². The number of rotatable bonds is 4. The normalized spacial score (nSPS) is 16.0. The summed E-state index contributed by atoms with van der Waals surface area (Å²) in [6, 6.07) is 14.0. The van der Waals surface area contributed by atoms with Crippen LogP contribution in [0, 0.1) is 6.92 Å². The lowest BCUT2D eigenvalue weighted by Gasteiger charge is -2.11. The Morgan fingerprint density at radius 2 is 1.96 bits per heavy atom. The molecule has 3 rings (SSSR count). The molecule has 1 aliphatic rings. The zero-order valence-corrected chi connectivity index (χ0v) is 17.0. The lowest BCUT2D eigenvalue weighted by molar-refractivity contribution is -0.121. The molecule has 0 aromatic heterocycles. The monoisotopic (exact) mass is 433 g/mol. The SMILES string of the molecule is Cc1ccc(COc2ccc(Br)cc2/C=C2\SC(=S)N(C)C2=O)cc1. The number of likely N-dealkylation sites (N-methyl/N-ethyl adjacent to an activating group) is 1. The van der Waals surface area contributed by atoms with Gasteiger partial charge in [0.25, 0.3) is 5.91 Å². The number of halogens is 1. The molecule has 0 saturated carbocycles. The van der Waals surface area contributed by atoms with Gasteiger partial charge in [0, 0.05) is 17.1 Å². The fourth-order valence-corrected chi connectivity index (χ4v) is 3.84. The first kappa shape index (κ1) is 18.2. The van der Waals surface area contributed by atoms with E-state index < -0.39 is 0 Å². The molecular weight excluding hydrogens is 418 g/mol. The average molecular weight is 434 g/mol. The molecule has 25 heavy (non-hydrogen) atoms. The van der Waals surface area contributed by atoms with Crippen molar-refractivity contribution in [2.75, 3.05) is 7.05 Å². The Bertz CT molecular complexity index is 862. The number of carbonyl (C=O) groups excluding carboxylic acids is 1. The van der Waals surface area contributed by atoms with Crippen molar-refractivity contribution in [3.8, 4) is 5.75 Å². The minimum absolute atomic E-state index is 0.0838. The van der Waals surface area contributed by atoms with Crippen LogP contribution in [0.1, 0.15) is 16.7 Å². The number of aryl methyl sites for hydroxylation is 1. The highest BCUT2D eigenvalue weighted by Gasteiger charge is 2.28. The lowest BCUT2D eigenvalue weighted by atomic mass is 10.1. The maximum absolute atomic E-state index is 12.2. The summed E-state index contributed by atoms with van der Waals surface area (Å²) in [7, 11) is 1.69. The van der Waals surface area contributed by atoms with Gasteiger partial charge in [-0.05, 0) is 36.8 Å². The van der Waals surface area contributed by atoms with Gasteiger partial charge in [0.15, 0.2) is 0 Å². The molecule has 0 spiro atoms. The van der Waals surface area contributed by atoms with Gasteiger partial charge < -0.3 is 4.74 Å². The number of carbonyl (C=O) groups is 1. The Labute approximate surface area is 165 Å². The van der Waals surface area contributed by atoms with E-state index in [1.165, 1.54) is 22.2 Å². The van der Waals surface area contributed by atoms with E-state index in [9.17, 15) is 4.79 Å². The smallest absolute Gasteiger partial charge is 0.265 e. The van der Waals surface area contributed by atoms with Crippen LogP contribution in [0.4, 0.5) is 0 Å². The minimum atomic E-state index is -0.0838. The molecule has 3 nitrogen and oxygen atoms in total. The summed E-state index contributed by atoms with van der Waals surface area (Å²) in [6.07, 6.45) is 1.83. The fourth-order valence-electron chi connectivity index (χ4n) is 2.30. The van der Waals surface area contributed by atoms with Crippen LogP contribution in [0.25, 0.3) is 6.08 Å². The first-order valence-electron chi connectivity index (χ1n) is 7.63. The first-order chi connectivity index (χ1) is 11.9. The third kappa shape index (κ3) is 4.32. The Kier molecular flexibility index (Phi) is 5.61. The number of nitrogens with zero attached hydrogens (tertiary/aromatic N) is 1. The number of ether oxygens (including phenoxy) is 1. The lowest BCUT2D eigenvalue weighted by Crippen LogP contribution is -2.22. The third-order valence-corrected chi connectivity index (χ3v) is 5.74. The fraction of sp³-hybridized carbons (Fsp3) is 0.158. The second-order valence-corrected chi connectivity index (χ2v) is 8.29.